The summed E-state index contributed by atoms with van der Waals surface area (Å²) in [5.74, 6) is 0. The highest BCUT2D eigenvalue weighted by atomic mass is 28.4. The molecule has 0 aliphatic heterocycles. The fourth-order valence-corrected chi connectivity index (χ4v) is 2.39. The number of nitrogens with one attached hydrogen (secondary N) is 1. The lowest BCUT2D eigenvalue weighted by Gasteiger charge is -2.36. The van der Waals surface area contributed by atoms with E-state index in [4.69, 9.17) is 9.26 Å². The van der Waals surface area contributed by atoms with Crippen LogP contribution < -0.4 is 5.48 Å². The summed E-state index contributed by atoms with van der Waals surface area (Å²) in [6.45, 7) is 13.3. The average Bonchev–Trinajstić information content (AvgIpc) is 2.33. The van der Waals surface area contributed by atoms with E-state index in [9.17, 15) is 0 Å². The molecule has 1 N–H and O–H groups in total. The molecular weight excluding hydrogens is 254 g/mol. The zero-order chi connectivity index (χ0) is 14.4. The molecule has 0 radical (unpaired) electrons. The molecule has 0 unspecified atom stereocenters. The van der Waals surface area contributed by atoms with Crippen molar-refractivity contribution < 1.29 is 9.26 Å². The Balaban J connectivity index is 2.12. The number of benzene rings is 1. The first kappa shape index (κ1) is 16.4. The zero-order valence-electron chi connectivity index (χ0n) is 12.8. The Morgan fingerprint density at radius 3 is 2.32 bits per heavy atom. The second kappa shape index (κ2) is 7.19. The zero-order valence-corrected chi connectivity index (χ0v) is 13.8. The highest BCUT2D eigenvalue weighted by Crippen LogP contribution is 2.36. The largest absolute Gasteiger partial charge is 0.415 e. The number of hydrogen-bond acceptors (Lipinski definition) is 3. The van der Waals surface area contributed by atoms with Gasteiger partial charge in [-0.1, -0.05) is 51.1 Å². The first-order chi connectivity index (χ1) is 8.83. The molecule has 1 rings (SSSR count). The summed E-state index contributed by atoms with van der Waals surface area (Å²) in [6, 6.07) is 10.1. The summed E-state index contributed by atoms with van der Waals surface area (Å²) in [6.07, 6.45) is 0. The summed E-state index contributed by atoms with van der Waals surface area (Å²) in [4.78, 5) is 5.41. The van der Waals surface area contributed by atoms with Crippen LogP contribution in [-0.2, 0) is 15.9 Å². The predicted octanol–water partition coefficient (Wildman–Crippen LogP) is 3.73. The van der Waals surface area contributed by atoms with Gasteiger partial charge in [0.2, 0.25) is 0 Å². The van der Waals surface area contributed by atoms with Gasteiger partial charge in [-0.2, -0.15) is 5.48 Å². The van der Waals surface area contributed by atoms with Crippen LogP contribution in [0.15, 0.2) is 30.3 Å². The topological polar surface area (TPSA) is 30.5 Å². The van der Waals surface area contributed by atoms with Crippen LogP contribution in [0.3, 0.4) is 0 Å². The van der Waals surface area contributed by atoms with Gasteiger partial charge in [-0.3, -0.25) is 4.84 Å². The molecule has 0 saturated heterocycles. The minimum Gasteiger partial charge on any atom is -0.415 e. The molecule has 0 heterocycles. The van der Waals surface area contributed by atoms with Crippen molar-refractivity contribution in [1.29, 1.82) is 0 Å². The van der Waals surface area contributed by atoms with Crippen LogP contribution in [0.5, 0.6) is 0 Å². The van der Waals surface area contributed by atoms with E-state index in [0.29, 0.717) is 13.2 Å². The summed E-state index contributed by atoms with van der Waals surface area (Å²) in [5.41, 5.74) is 4.12. The van der Waals surface area contributed by atoms with Crippen molar-refractivity contribution in [2.75, 3.05) is 13.2 Å². The van der Waals surface area contributed by atoms with Gasteiger partial charge < -0.3 is 4.43 Å². The molecule has 3 nitrogen and oxygen atoms in total. The third kappa shape index (κ3) is 5.87. The van der Waals surface area contributed by atoms with Crippen molar-refractivity contribution >= 4 is 8.32 Å². The van der Waals surface area contributed by atoms with Crippen LogP contribution in [-0.4, -0.2) is 21.5 Å². The molecule has 0 aliphatic carbocycles. The van der Waals surface area contributed by atoms with Gasteiger partial charge in [0.15, 0.2) is 8.32 Å². The molecule has 4 heteroatoms. The highest BCUT2D eigenvalue weighted by molar-refractivity contribution is 6.74. The average molecular weight is 281 g/mol. The number of rotatable bonds is 7. The summed E-state index contributed by atoms with van der Waals surface area (Å²) < 4.78 is 6.04. The molecule has 0 aliphatic rings. The first-order valence-corrected chi connectivity index (χ1v) is 9.76. The van der Waals surface area contributed by atoms with E-state index < -0.39 is 8.32 Å². The normalized spacial score (nSPS) is 12.7. The second-order valence-electron chi connectivity index (χ2n) is 6.28. The molecule has 0 fully saturated rings. The maximum absolute atomic E-state index is 6.04. The molecule has 19 heavy (non-hydrogen) atoms. The Labute approximate surface area is 118 Å². The minimum atomic E-state index is -1.62. The lowest BCUT2D eigenvalue weighted by molar-refractivity contribution is 0.0207. The van der Waals surface area contributed by atoms with E-state index >= 15 is 0 Å². The summed E-state index contributed by atoms with van der Waals surface area (Å²) in [5, 5.41) is 0.262. The number of hydrogen-bond donors (Lipinski definition) is 1. The van der Waals surface area contributed by atoms with E-state index in [0.717, 1.165) is 6.54 Å². The Morgan fingerprint density at radius 2 is 1.74 bits per heavy atom. The summed E-state index contributed by atoms with van der Waals surface area (Å²) in [7, 11) is -1.62. The fourth-order valence-electron chi connectivity index (χ4n) is 1.35. The molecule has 1 aromatic carbocycles. The maximum Gasteiger partial charge on any atom is 0.192 e. The van der Waals surface area contributed by atoms with E-state index in [1.54, 1.807) is 0 Å². The Bertz CT molecular complexity index is 360. The van der Waals surface area contributed by atoms with Crippen molar-refractivity contribution in [3.63, 3.8) is 0 Å². The quantitative estimate of drug-likeness (QED) is 0.469. The lowest BCUT2D eigenvalue weighted by Crippen LogP contribution is -2.42. The van der Waals surface area contributed by atoms with Crippen molar-refractivity contribution in [3.8, 4) is 0 Å². The van der Waals surface area contributed by atoms with Crippen LogP contribution in [0.1, 0.15) is 26.3 Å². The first-order valence-electron chi connectivity index (χ1n) is 6.85. The molecule has 1 aromatic rings. The Hall–Kier alpha value is -0.683. The van der Waals surface area contributed by atoms with E-state index in [2.05, 4.69) is 39.3 Å². The van der Waals surface area contributed by atoms with E-state index in [-0.39, 0.29) is 5.04 Å². The van der Waals surface area contributed by atoms with Crippen molar-refractivity contribution in [2.24, 2.45) is 0 Å². The van der Waals surface area contributed by atoms with Gasteiger partial charge in [-0.05, 0) is 23.7 Å². The van der Waals surface area contributed by atoms with E-state index in [1.165, 1.54) is 5.56 Å². The van der Waals surface area contributed by atoms with Crippen LogP contribution in [0.4, 0.5) is 0 Å². The molecule has 0 saturated carbocycles. The van der Waals surface area contributed by atoms with Gasteiger partial charge in [0.1, 0.15) is 0 Å². The van der Waals surface area contributed by atoms with Gasteiger partial charge in [-0.15, -0.1) is 0 Å². The molecule has 0 atom stereocenters. The standard InChI is InChI=1S/C15H27NO2Si/c1-15(2,3)19(4,5)18-12-11-16-17-13-14-9-7-6-8-10-14/h6-10,16H,11-13H2,1-5H3. The van der Waals surface area contributed by atoms with E-state index in [1.807, 2.05) is 30.3 Å². The second-order valence-corrected chi connectivity index (χ2v) is 11.1. The smallest absolute Gasteiger partial charge is 0.192 e. The molecule has 0 spiro atoms. The van der Waals surface area contributed by atoms with Crippen LogP contribution in [0.25, 0.3) is 0 Å². The van der Waals surface area contributed by atoms with Gasteiger partial charge >= 0.3 is 0 Å². The van der Waals surface area contributed by atoms with Gasteiger partial charge in [0.25, 0.3) is 0 Å². The third-order valence-electron chi connectivity index (χ3n) is 3.66. The third-order valence-corrected chi connectivity index (χ3v) is 8.20. The highest BCUT2D eigenvalue weighted by Gasteiger charge is 2.36. The predicted molar refractivity (Wildman–Crippen MR) is 82.4 cm³/mol. The van der Waals surface area contributed by atoms with Crippen molar-refractivity contribution in [2.45, 2.75) is 45.5 Å². The number of hydroxylamine groups is 1. The molecule has 0 bridgehead atoms. The lowest BCUT2D eigenvalue weighted by atomic mass is 10.2. The Morgan fingerprint density at radius 1 is 1.11 bits per heavy atom. The fraction of sp³-hybridized carbons (Fsp3) is 0.600. The molecule has 0 amide bonds. The van der Waals surface area contributed by atoms with Crippen molar-refractivity contribution in [3.05, 3.63) is 35.9 Å². The monoisotopic (exact) mass is 281 g/mol. The molecule has 108 valence electrons. The van der Waals surface area contributed by atoms with Crippen LogP contribution in [0.2, 0.25) is 18.1 Å². The van der Waals surface area contributed by atoms with Gasteiger partial charge in [0, 0.05) is 13.2 Å². The van der Waals surface area contributed by atoms with Crippen molar-refractivity contribution in [1.82, 2.24) is 5.48 Å². The molecule has 0 aromatic heterocycles. The van der Waals surface area contributed by atoms with Crippen LogP contribution in [0, 0.1) is 0 Å². The van der Waals surface area contributed by atoms with Gasteiger partial charge in [-0.25, -0.2) is 0 Å². The maximum atomic E-state index is 6.04. The molecular formula is C15H27NO2Si. The SMILES string of the molecule is CC(C)(C)[Si](C)(C)OCCNOCc1ccccc1. The van der Waals surface area contributed by atoms with Crippen LogP contribution >= 0.6 is 0 Å². The Kier molecular flexibility index (Phi) is 6.20. The summed E-state index contributed by atoms with van der Waals surface area (Å²) >= 11 is 0. The minimum absolute atomic E-state index is 0.262. The van der Waals surface area contributed by atoms with Gasteiger partial charge in [0.05, 0.1) is 6.61 Å².